The third-order valence-electron chi connectivity index (χ3n) is 4.52. The lowest BCUT2D eigenvalue weighted by molar-refractivity contribution is 0.587. The summed E-state index contributed by atoms with van der Waals surface area (Å²) in [7, 11) is -1.86. The zero-order valence-electron chi connectivity index (χ0n) is 15.8. The van der Waals surface area contributed by atoms with Crippen LogP contribution in [-0.2, 0) is 22.3 Å². The van der Waals surface area contributed by atoms with Gasteiger partial charge in [-0.05, 0) is 30.3 Å². The number of rotatable bonds is 7. The van der Waals surface area contributed by atoms with Crippen molar-refractivity contribution in [2.75, 3.05) is 12.4 Å². The Labute approximate surface area is 168 Å². The molecule has 0 unspecified atom stereocenters. The molecule has 0 atom stereocenters. The highest BCUT2D eigenvalue weighted by Gasteiger charge is 2.11. The number of para-hydroxylation sites is 1. The van der Waals surface area contributed by atoms with E-state index in [1.807, 2.05) is 54.6 Å². The van der Waals surface area contributed by atoms with Crippen LogP contribution in [0.2, 0.25) is 0 Å². The van der Waals surface area contributed by atoms with Gasteiger partial charge in [0.25, 0.3) is 0 Å². The summed E-state index contributed by atoms with van der Waals surface area (Å²) >= 11 is 0. The molecule has 0 fully saturated rings. The second-order valence-corrected chi connectivity index (χ2v) is 8.41. The Bertz CT molecular complexity index is 1220. The summed E-state index contributed by atoms with van der Waals surface area (Å²) in [6.07, 6.45) is 3.26. The summed E-state index contributed by atoms with van der Waals surface area (Å²) in [5.41, 5.74) is 3.40. The van der Waals surface area contributed by atoms with Gasteiger partial charge in [0, 0.05) is 6.54 Å². The Morgan fingerprint density at radius 1 is 0.966 bits per heavy atom. The van der Waals surface area contributed by atoms with Gasteiger partial charge in [-0.25, -0.2) is 27.8 Å². The van der Waals surface area contributed by atoms with Crippen molar-refractivity contribution in [1.29, 1.82) is 0 Å². The standard InChI is InChI=1S/C20H20N6O2S/c1-21-29(27,28)13-16-9-7-15(8-10-16)11-22-19-18-12-25-26(20(18)24-14-23-19)17-5-3-2-4-6-17/h2-10,12,14,21H,11,13H2,1H3,(H,22,23,24). The third-order valence-corrected chi connectivity index (χ3v) is 5.85. The molecule has 29 heavy (non-hydrogen) atoms. The average Bonchev–Trinajstić information content (AvgIpc) is 3.18. The number of sulfonamides is 1. The molecule has 0 aliphatic carbocycles. The van der Waals surface area contributed by atoms with Crippen molar-refractivity contribution in [3.05, 3.63) is 78.2 Å². The van der Waals surface area contributed by atoms with Crippen LogP contribution in [0.1, 0.15) is 11.1 Å². The molecule has 148 valence electrons. The van der Waals surface area contributed by atoms with Crippen molar-refractivity contribution >= 4 is 26.9 Å². The Kier molecular flexibility index (Phi) is 5.24. The number of nitrogens with zero attached hydrogens (tertiary/aromatic N) is 4. The van der Waals surface area contributed by atoms with E-state index in [4.69, 9.17) is 0 Å². The fourth-order valence-corrected chi connectivity index (χ4v) is 3.75. The maximum Gasteiger partial charge on any atom is 0.215 e. The van der Waals surface area contributed by atoms with Gasteiger partial charge in [0.05, 0.1) is 23.0 Å². The molecule has 0 spiro atoms. The molecule has 0 radical (unpaired) electrons. The van der Waals surface area contributed by atoms with Crippen molar-refractivity contribution in [3.63, 3.8) is 0 Å². The van der Waals surface area contributed by atoms with E-state index in [0.29, 0.717) is 12.4 Å². The second kappa shape index (κ2) is 7.98. The van der Waals surface area contributed by atoms with Gasteiger partial charge in [-0.3, -0.25) is 0 Å². The number of nitrogens with one attached hydrogen (secondary N) is 2. The van der Waals surface area contributed by atoms with Crippen LogP contribution in [0.4, 0.5) is 5.82 Å². The van der Waals surface area contributed by atoms with Gasteiger partial charge in [-0.15, -0.1) is 0 Å². The van der Waals surface area contributed by atoms with E-state index >= 15 is 0 Å². The Balaban J connectivity index is 1.51. The van der Waals surface area contributed by atoms with Crippen molar-refractivity contribution in [1.82, 2.24) is 24.5 Å². The smallest absolute Gasteiger partial charge is 0.215 e. The molecule has 9 heteroatoms. The van der Waals surface area contributed by atoms with Crippen LogP contribution in [0.3, 0.4) is 0 Å². The van der Waals surface area contributed by atoms with Crippen LogP contribution >= 0.6 is 0 Å². The van der Waals surface area contributed by atoms with Gasteiger partial charge in [0.15, 0.2) is 5.65 Å². The molecule has 2 heterocycles. The van der Waals surface area contributed by atoms with E-state index in [1.54, 1.807) is 10.9 Å². The lowest BCUT2D eigenvalue weighted by Crippen LogP contribution is -2.20. The Morgan fingerprint density at radius 2 is 1.69 bits per heavy atom. The molecule has 8 nitrogen and oxygen atoms in total. The molecule has 4 rings (SSSR count). The number of aromatic nitrogens is 4. The van der Waals surface area contributed by atoms with E-state index in [9.17, 15) is 8.42 Å². The summed E-state index contributed by atoms with van der Waals surface area (Å²) in [6.45, 7) is 0.543. The minimum atomic E-state index is -3.28. The molecule has 0 aliphatic rings. The predicted molar refractivity (Wildman–Crippen MR) is 112 cm³/mol. The highest BCUT2D eigenvalue weighted by atomic mass is 32.2. The molecule has 2 aromatic carbocycles. The number of anilines is 1. The first kappa shape index (κ1) is 19.0. The van der Waals surface area contributed by atoms with E-state index in [-0.39, 0.29) is 5.75 Å². The van der Waals surface area contributed by atoms with Crippen LogP contribution in [0.15, 0.2) is 67.1 Å². The molecule has 2 aromatic heterocycles. The summed E-state index contributed by atoms with van der Waals surface area (Å²) in [5.74, 6) is 0.654. The minimum absolute atomic E-state index is 0.0393. The van der Waals surface area contributed by atoms with Crippen LogP contribution in [-0.4, -0.2) is 35.2 Å². The summed E-state index contributed by atoms with van der Waals surface area (Å²) < 4.78 is 27.4. The average molecular weight is 408 g/mol. The van der Waals surface area contributed by atoms with E-state index in [1.165, 1.54) is 13.4 Å². The molecular formula is C20H20N6O2S. The van der Waals surface area contributed by atoms with E-state index < -0.39 is 10.0 Å². The van der Waals surface area contributed by atoms with Crippen molar-refractivity contribution in [2.45, 2.75) is 12.3 Å². The Hall–Kier alpha value is -3.30. The van der Waals surface area contributed by atoms with Gasteiger partial charge in [-0.2, -0.15) is 5.10 Å². The predicted octanol–water partition coefficient (Wildman–Crippen LogP) is 2.48. The maximum atomic E-state index is 11.6. The molecule has 0 amide bonds. The minimum Gasteiger partial charge on any atom is -0.365 e. The monoisotopic (exact) mass is 408 g/mol. The number of hydrogen-bond acceptors (Lipinski definition) is 6. The molecule has 0 saturated carbocycles. The lowest BCUT2D eigenvalue weighted by atomic mass is 10.1. The molecule has 2 N–H and O–H groups in total. The fraction of sp³-hybridized carbons (Fsp3) is 0.150. The molecule has 4 aromatic rings. The second-order valence-electron chi connectivity index (χ2n) is 6.48. The summed E-state index contributed by atoms with van der Waals surface area (Å²) in [6, 6.07) is 17.2. The fourth-order valence-electron chi connectivity index (χ4n) is 2.97. The van der Waals surface area contributed by atoms with Crippen LogP contribution < -0.4 is 10.0 Å². The quantitative estimate of drug-likeness (QED) is 0.487. The molecular weight excluding hydrogens is 388 g/mol. The zero-order valence-corrected chi connectivity index (χ0v) is 16.6. The van der Waals surface area contributed by atoms with Crippen LogP contribution in [0.25, 0.3) is 16.7 Å². The molecule has 0 aliphatic heterocycles. The number of hydrogen-bond donors (Lipinski definition) is 2. The normalized spacial score (nSPS) is 11.6. The Morgan fingerprint density at radius 3 is 2.41 bits per heavy atom. The van der Waals surface area contributed by atoms with Crippen LogP contribution in [0.5, 0.6) is 0 Å². The lowest BCUT2D eigenvalue weighted by Gasteiger charge is -2.08. The number of fused-ring (bicyclic) bond motifs is 1. The van der Waals surface area contributed by atoms with Gasteiger partial charge >= 0.3 is 0 Å². The summed E-state index contributed by atoms with van der Waals surface area (Å²) in [4.78, 5) is 8.72. The van der Waals surface area contributed by atoms with Crippen molar-refractivity contribution in [2.24, 2.45) is 0 Å². The van der Waals surface area contributed by atoms with E-state index in [0.717, 1.165) is 27.8 Å². The van der Waals surface area contributed by atoms with Gasteiger partial charge in [0.1, 0.15) is 12.1 Å². The van der Waals surface area contributed by atoms with Gasteiger partial charge in [-0.1, -0.05) is 42.5 Å². The number of benzene rings is 2. The van der Waals surface area contributed by atoms with Crippen LogP contribution in [0, 0.1) is 0 Å². The van der Waals surface area contributed by atoms with Gasteiger partial charge in [0.2, 0.25) is 10.0 Å². The SMILES string of the molecule is CNS(=O)(=O)Cc1ccc(CNc2ncnc3c2cnn3-c2ccccc2)cc1. The van der Waals surface area contributed by atoms with Gasteiger partial charge < -0.3 is 5.32 Å². The zero-order chi connectivity index (χ0) is 20.3. The van der Waals surface area contributed by atoms with Crippen molar-refractivity contribution < 1.29 is 8.42 Å². The molecule has 0 saturated heterocycles. The first-order valence-electron chi connectivity index (χ1n) is 9.03. The van der Waals surface area contributed by atoms with Crippen molar-refractivity contribution in [3.8, 4) is 5.69 Å². The topological polar surface area (TPSA) is 102 Å². The highest BCUT2D eigenvalue weighted by Crippen LogP contribution is 2.22. The first-order valence-corrected chi connectivity index (χ1v) is 10.7. The first-order chi connectivity index (χ1) is 14.1. The summed E-state index contributed by atoms with van der Waals surface area (Å²) in [5, 5.41) is 8.59. The molecule has 0 bridgehead atoms. The highest BCUT2D eigenvalue weighted by molar-refractivity contribution is 7.88. The van der Waals surface area contributed by atoms with E-state index in [2.05, 4.69) is 25.1 Å². The maximum absolute atomic E-state index is 11.6. The third kappa shape index (κ3) is 4.25. The largest absolute Gasteiger partial charge is 0.365 e.